The minimum atomic E-state index is -0.562. The monoisotopic (exact) mass is 604 g/mol. The van der Waals surface area contributed by atoms with Crippen molar-refractivity contribution in [3.8, 4) is 33.8 Å². The highest BCUT2D eigenvalue weighted by molar-refractivity contribution is 5.99. The number of cyclic esters (lactones) is 1. The summed E-state index contributed by atoms with van der Waals surface area (Å²) in [6.45, 7) is 0.0748. The minimum absolute atomic E-state index is 0. The molecule has 9 heteroatoms. The van der Waals surface area contributed by atoms with Crippen LogP contribution < -0.4 is 9.47 Å². The van der Waals surface area contributed by atoms with Gasteiger partial charge in [-0.05, 0) is 34.4 Å². The second-order valence-electron chi connectivity index (χ2n) is 8.99. The highest BCUT2D eigenvalue weighted by Gasteiger charge is 2.29. The molecule has 0 fully saturated rings. The van der Waals surface area contributed by atoms with E-state index in [4.69, 9.17) is 28.4 Å². The van der Waals surface area contributed by atoms with Crippen molar-refractivity contribution in [2.24, 2.45) is 0 Å². The molecule has 0 aliphatic carbocycles. The second kappa shape index (κ2) is 17.4. The lowest BCUT2D eigenvalue weighted by molar-refractivity contribution is 0.0453. The third kappa shape index (κ3) is 8.02. The molecule has 1 aliphatic heterocycles. The summed E-state index contributed by atoms with van der Waals surface area (Å²) in [4.78, 5) is 24.0. The van der Waals surface area contributed by atoms with E-state index in [1.165, 1.54) is 21.3 Å². The van der Waals surface area contributed by atoms with Crippen LogP contribution in [0.1, 0.15) is 46.7 Å². The smallest absolute Gasteiger partial charge is 0.342 e. The van der Waals surface area contributed by atoms with Crippen molar-refractivity contribution in [3.05, 3.63) is 107 Å². The Labute approximate surface area is 258 Å². The van der Waals surface area contributed by atoms with Gasteiger partial charge in [-0.15, -0.1) is 0 Å². The van der Waals surface area contributed by atoms with Gasteiger partial charge in [0.05, 0.1) is 13.7 Å². The molecule has 0 atom stereocenters. The SMILES string of the molecule is C.C.COCOc1ccc(-c2ccccc2)c(CO)c1C(=O)OC.COCOc1ccc(-c2ccccc2)c2c1C(=O)OC2. The van der Waals surface area contributed by atoms with Gasteiger partial charge in [0.25, 0.3) is 0 Å². The van der Waals surface area contributed by atoms with E-state index in [9.17, 15) is 14.7 Å². The van der Waals surface area contributed by atoms with Crippen molar-refractivity contribution >= 4 is 11.9 Å². The third-order valence-corrected chi connectivity index (χ3v) is 6.48. The molecule has 0 unspecified atom stereocenters. The fraction of sp³-hybridized carbons (Fsp3) is 0.257. The van der Waals surface area contributed by atoms with Crippen molar-refractivity contribution in [1.29, 1.82) is 0 Å². The van der Waals surface area contributed by atoms with Crippen molar-refractivity contribution in [3.63, 3.8) is 0 Å². The zero-order chi connectivity index (χ0) is 29.9. The maximum absolute atomic E-state index is 12.1. The molecule has 9 nitrogen and oxygen atoms in total. The Hall–Kier alpha value is -4.70. The summed E-state index contributed by atoms with van der Waals surface area (Å²) < 4.78 is 30.6. The number of aliphatic hydroxyl groups excluding tert-OH is 1. The average Bonchev–Trinajstić information content (AvgIpc) is 3.44. The molecule has 0 saturated heterocycles. The third-order valence-electron chi connectivity index (χ3n) is 6.48. The van der Waals surface area contributed by atoms with Gasteiger partial charge in [0, 0.05) is 25.3 Å². The summed E-state index contributed by atoms with van der Waals surface area (Å²) >= 11 is 0. The number of carbonyl (C=O) groups excluding carboxylic acids is 2. The molecule has 44 heavy (non-hydrogen) atoms. The van der Waals surface area contributed by atoms with E-state index in [0.29, 0.717) is 22.6 Å². The lowest BCUT2D eigenvalue weighted by Gasteiger charge is -2.16. The van der Waals surface area contributed by atoms with Crippen LogP contribution in [0.4, 0.5) is 0 Å². The van der Waals surface area contributed by atoms with E-state index in [-0.39, 0.29) is 53.2 Å². The number of fused-ring (bicyclic) bond motifs is 1. The Morgan fingerprint density at radius 1 is 0.750 bits per heavy atom. The number of aliphatic hydroxyl groups is 1. The van der Waals surface area contributed by atoms with Gasteiger partial charge in [0.1, 0.15) is 29.2 Å². The fourth-order valence-electron chi connectivity index (χ4n) is 4.59. The average molecular weight is 605 g/mol. The van der Waals surface area contributed by atoms with Crippen LogP contribution in [0.3, 0.4) is 0 Å². The van der Waals surface area contributed by atoms with E-state index >= 15 is 0 Å². The topological polar surface area (TPSA) is 110 Å². The Morgan fingerprint density at radius 3 is 1.82 bits per heavy atom. The van der Waals surface area contributed by atoms with Crippen molar-refractivity contribution < 1.29 is 43.1 Å². The number of benzene rings is 4. The minimum Gasteiger partial charge on any atom is -0.467 e. The number of esters is 2. The van der Waals surface area contributed by atoms with Crippen LogP contribution in [0.2, 0.25) is 0 Å². The number of rotatable bonds is 10. The van der Waals surface area contributed by atoms with Crippen LogP contribution in [0.15, 0.2) is 84.9 Å². The largest absolute Gasteiger partial charge is 0.467 e. The van der Waals surface area contributed by atoms with Crippen molar-refractivity contribution in [1.82, 2.24) is 0 Å². The Balaban J connectivity index is 0.000000294. The van der Waals surface area contributed by atoms with E-state index in [1.807, 2.05) is 66.7 Å². The zero-order valence-electron chi connectivity index (χ0n) is 23.6. The number of methoxy groups -OCH3 is 3. The quantitative estimate of drug-likeness (QED) is 0.153. The second-order valence-corrected chi connectivity index (χ2v) is 8.99. The molecular weight excluding hydrogens is 564 g/mol. The fourth-order valence-corrected chi connectivity index (χ4v) is 4.59. The van der Waals surface area contributed by atoms with Crippen LogP contribution >= 0.6 is 0 Å². The van der Waals surface area contributed by atoms with Gasteiger partial charge in [-0.25, -0.2) is 9.59 Å². The lowest BCUT2D eigenvalue weighted by Crippen LogP contribution is -2.12. The predicted octanol–water partition coefficient (Wildman–Crippen LogP) is 6.89. The molecule has 4 aromatic rings. The zero-order valence-corrected chi connectivity index (χ0v) is 23.6. The van der Waals surface area contributed by atoms with Crippen molar-refractivity contribution in [2.75, 3.05) is 34.9 Å². The first-order valence-electron chi connectivity index (χ1n) is 13.1. The standard InChI is InChI=1S/C17H18O5.C16H14O4.2CH4/c1-20-11-22-15-9-8-13(12-6-4-3-5-7-12)14(10-18)16(15)17(19)21-2;1-18-10-20-14-8-7-12(11-5-3-2-4-6-11)13-9-19-16(17)15(13)14;;/h3-9,18H,10-11H2,1-2H3;2-8H,9-10H2,1H3;2*1H4. The predicted molar refractivity (Wildman–Crippen MR) is 169 cm³/mol. The van der Waals surface area contributed by atoms with Crippen molar-refractivity contribution in [2.45, 2.75) is 28.1 Å². The molecule has 5 rings (SSSR count). The first-order valence-corrected chi connectivity index (χ1v) is 13.1. The molecular formula is C35H40O9. The summed E-state index contributed by atoms with van der Waals surface area (Å²) in [5.41, 5.74) is 5.76. The van der Waals surface area contributed by atoms with Gasteiger partial charge in [0.2, 0.25) is 0 Å². The van der Waals surface area contributed by atoms with Crippen LogP contribution in [-0.4, -0.2) is 52.0 Å². The Kier molecular flexibility index (Phi) is 14.1. The Morgan fingerprint density at radius 2 is 1.27 bits per heavy atom. The van der Waals surface area contributed by atoms with Crippen LogP contribution in [0, 0.1) is 0 Å². The van der Waals surface area contributed by atoms with Crippen LogP contribution in [0.5, 0.6) is 11.5 Å². The van der Waals surface area contributed by atoms with Gasteiger partial charge in [-0.2, -0.15) is 0 Å². The number of hydrogen-bond acceptors (Lipinski definition) is 9. The van der Waals surface area contributed by atoms with Gasteiger partial charge >= 0.3 is 11.9 Å². The summed E-state index contributed by atoms with van der Waals surface area (Å²) in [5.74, 6) is -0.0849. The molecule has 0 saturated carbocycles. The summed E-state index contributed by atoms with van der Waals surface area (Å²) in [6.07, 6.45) is 0. The first kappa shape index (κ1) is 35.5. The number of ether oxygens (including phenoxy) is 6. The molecule has 0 amide bonds. The first-order chi connectivity index (χ1) is 20.5. The van der Waals surface area contributed by atoms with Gasteiger partial charge in [-0.3, -0.25) is 0 Å². The molecule has 0 radical (unpaired) electrons. The maximum Gasteiger partial charge on any atom is 0.342 e. The number of carbonyl (C=O) groups is 2. The highest BCUT2D eigenvalue weighted by Crippen LogP contribution is 2.37. The maximum atomic E-state index is 12.1. The molecule has 0 aromatic heterocycles. The van der Waals surface area contributed by atoms with Gasteiger partial charge in [-0.1, -0.05) is 87.6 Å². The van der Waals surface area contributed by atoms with Gasteiger partial charge in [0.15, 0.2) is 13.6 Å². The van der Waals surface area contributed by atoms with E-state index < -0.39 is 5.97 Å². The van der Waals surface area contributed by atoms with Crippen LogP contribution in [-0.2, 0) is 32.2 Å². The van der Waals surface area contributed by atoms with E-state index in [0.717, 1.165) is 27.8 Å². The lowest BCUT2D eigenvalue weighted by atomic mass is 9.95. The molecule has 0 bridgehead atoms. The van der Waals surface area contributed by atoms with E-state index in [1.54, 1.807) is 18.2 Å². The highest BCUT2D eigenvalue weighted by atomic mass is 16.7. The summed E-state index contributed by atoms with van der Waals surface area (Å²) in [7, 11) is 4.32. The van der Waals surface area contributed by atoms with E-state index in [2.05, 4.69) is 0 Å². The Bertz CT molecular complexity index is 1500. The molecule has 0 spiro atoms. The summed E-state index contributed by atoms with van der Waals surface area (Å²) in [6, 6.07) is 26.6. The summed E-state index contributed by atoms with van der Waals surface area (Å²) in [5, 5.41) is 9.76. The van der Waals surface area contributed by atoms with Crippen LogP contribution in [0.25, 0.3) is 22.3 Å². The van der Waals surface area contributed by atoms with Gasteiger partial charge < -0.3 is 33.5 Å². The molecule has 1 aliphatic rings. The molecule has 4 aromatic carbocycles. The number of hydrogen-bond donors (Lipinski definition) is 1. The molecule has 1 N–H and O–H groups in total. The molecule has 1 heterocycles. The normalized spacial score (nSPS) is 11.0. The molecule has 234 valence electrons.